The van der Waals surface area contributed by atoms with Crippen molar-refractivity contribution in [2.45, 2.75) is 26.9 Å². The average molecular weight is 232 g/mol. The van der Waals surface area contributed by atoms with E-state index in [1.165, 1.54) is 0 Å². The second kappa shape index (κ2) is 4.72. The largest absolute Gasteiger partial charge is 0.422 e. The van der Waals surface area contributed by atoms with Crippen LogP contribution in [0.2, 0.25) is 0 Å². The summed E-state index contributed by atoms with van der Waals surface area (Å²) in [5.74, 6) is 0. The van der Waals surface area contributed by atoms with E-state index < -0.39 is 0 Å². The van der Waals surface area contributed by atoms with Crippen LogP contribution in [-0.2, 0) is 4.74 Å². The van der Waals surface area contributed by atoms with Gasteiger partial charge in [-0.05, 0) is 39.0 Å². The van der Waals surface area contributed by atoms with E-state index in [0.717, 1.165) is 10.9 Å². The van der Waals surface area contributed by atoms with Crippen molar-refractivity contribution in [3.63, 3.8) is 0 Å². The number of hydrogen-bond acceptors (Lipinski definition) is 3. The summed E-state index contributed by atoms with van der Waals surface area (Å²) >= 11 is 0. The molecule has 0 aliphatic carbocycles. The van der Waals surface area contributed by atoms with Gasteiger partial charge < -0.3 is 9.15 Å². The molecule has 17 heavy (non-hydrogen) atoms. The Hall–Kier alpha value is -1.61. The molecule has 1 aromatic carbocycles. The van der Waals surface area contributed by atoms with Crippen molar-refractivity contribution in [2.75, 3.05) is 6.61 Å². The number of aryl methyl sites for hydroxylation is 1. The maximum Gasteiger partial charge on any atom is 0.342 e. The Morgan fingerprint density at radius 1 is 1.35 bits per heavy atom. The van der Waals surface area contributed by atoms with Crippen LogP contribution < -0.4 is 5.63 Å². The highest BCUT2D eigenvalue weighted by molar-refractivity contribution is 5.77. The van der Waals surface area contributed by atoms with Gasteiger partial charge in [0.1, 0.15) is 5.58 Å². The first-order chi connectivity index (χ1) is 8.11. The molecule has 90 valence electrons. The average Bonchev–Trinajstić information content (AvgIpc) is 2.29. The first-order valence-electron chi connectivity index (χ1n) is 5.78. The molecule has 0 fully saturated rings. The lowest BCUT2D eigenvalue weighted by molar-refractivity contribution is 0.0741. The van der Waals surface area contributed by atoms with Crippen molar-refractivity contribution in [1.29, 1.82) is 0 Å². The van der Waals surface area contributed by atoms with Crippen LogP contribution in [0.1, 0.15) is 31.1 Å². The van der Waals surface area contributed by atoms with Crippen LogP contribution >= 0.6 is 0 Å². The summed E-state index contributed by atoms with van der Waals surface area (Å²) in [6.07, 6.45) is -0.235. The molecular weight excluding hydrogens is 216 g/mol. The normalized spacial score (nSPS) is 12.9. The molecule has 0 saturated heterocycles. The maximum atomic E-state index is 11.8. The Morgan fingerprint density at radius 3 is 2.82 bits per heavy atom. The number of ether oxygens (including phenoxy) is 1. The van der Waals surface area contributed by atoms with Gasteiger partial charge in [0.25, 0.3) is 0 Å². The van der Waals surface area contributed by atoms with Gasteiger partial charge in [-0.3, -0.25) is 0 Å². The Bertz CT molecular complexity index is 584. The van der Waals surface area contributed by atoms with E-state index in [0.29, 0.717) is 17.8 Å². The molecule has 0 bridgehead atoms. The zero-order chi connectivity index (χ0) is 12.4. The van der Waals surface area contributed by atoms with E-state index in [2.05, 4.69) is 0 Å². The lowest BCUT2D eigenvalue weighted by Gasteiger charge is -2.10. The Kier molecular flexibility index (Phi) is 3.29. The highest BCUT2D eigenvalue weighted by Crippen LogP contribution is 2.20. The fraction of sp³-hybridized carbons (Fsp3) is 0.357. The third kappa shape index (κ3) is 2.39. The van der Waals surface area contributed by atoms with E-state index in [-0.39, 0.29) is 11.7 Å². The van der Waals surface area contributed by atoms with Crippen LogP contribution in [0.5, 0.6) is 0 Å². The molecule has 1 aromatic heterocycles. The van der Waals surface area contributed by atoms with Gasteiger partial charge in [0.15, 0.2) is 0 Å². The fourth-order valence-corrected chi connectivity index (χ4v) is 1.88. The summed E-state index contributed by atoms with van der Waals surface area (Å²) in [7, 11) is 0. The molecular formula is C14H16O3. The van der Waals surface area contributed by atoms with Crippen molar-refractivity contribution in [3.8, 4) is 0 Å². The second-order valence-corrected chi connectivity index (χ2v) is 4.13. The van der Waals surface area contributed by atoms with E-state index in [4.69, 9.17) is 9.15 Å². The fourth-order valence-electron chi connectivity index (χ4n) is 1.88. The molecule has 0 radical (unpaired) electrons. The van der Waals surface area contributed by atoms with Crippen molar-refractivity contribution in [1.82, 2.24) is 0 Å². The topological polar surface area (TPSA) is 39.4 Å². The van der Waals surface area contributed by atoms with Gasteiger partial charge in [-0.25, -0.2) is 4.79 Å². The van der Waals surface area contributed by atoms with Gasteiger partial charge in [0.2, 0.25) is 0 Å². The summed E-state index contributed by atoms with van der Waals surface area (Å²) in [4.78, 5) is 11.8. The Morgan fingerprint density at radius 2 is 2.12 bits per heavy atom. The molecule has 0 aliphatic heterocycles. The van der Waals surface area contributed by atoms with Gasteiger partial charge in [0, 0.05) is 12.0 Å². The minimum Gasteiger partial charge on any atom is -0.422 e. The van der Waals surface area contributed by atoms with Crippen molar-refractivity contribution in [2.24, 2.45) is 0 Å². The lowest BCUT2D eigenvalue weighted by Crippen LogP contribution is -2.12. The molecule has 0 amide bonds. The molecule has 3 nitrogen and oxygen atoms in total. The molecule has 1 atom stereocenters. The summed E-state index contributed by atoms with van der Waals surface area (Å²) in [6.45, 7) is 6.35. The highest BCUT2D eigenvalue weighted by atomic mass is 16.5. The third-order valence-electron chi connectivity index (χ3n) is 2.77. The smallest absolute Gasteiger partial charge is 0.342 e. The van der Waals surface area contributed by atoms with E-state index in [1.807, 2.05) is 45.0 Å². The first-order valence-corrected chi connectivity index (χ1v) is 5.78. The van der Waals surface area contributed by atoms with E-state index >= 15 is 0 Å². The van der Waals surface area contributed by atoms with Gasteiger partial charge in [-0.1, -0.05) is 11.6 Å². The summed E-state index contributed by atoms with van der Waals surface area (Å²) in [6, 6.07) is 7.60. The minimum atomic E-state index is -0.317. The van der Waals surface area contributed by atoms with Crippen LogP contribution in [0.3, 0.4) is 0 Å². The first kappa shape index (κ1) is 11.9. The van der Waals surface area contributed by atoms with E-state index in [9.17, 15) is 4.79 Å². The van der Waals surface area contributed by atoms with E-state index in [1.54, 1.807) is 0 Å². The van der Waals surface area contributed by atoms with Gasteiger partial charge >= 0.3 is 5.63 Å². The highest BCUT2D eigenvalue weighted by Gasteiger charge is 2.12. The van der Waals surface area contributed by atoms with Gasteiger partial charge in [-0.15, -0.1) is 0 Å². The van der Waals surface area contributed by atoms with Crippen molar-refractivity contribution < 1.29 is 9.15 Å². The third-order valence-corrected chi connectivity index (χ3v) is 2.77. The molecule has 0 N–H and O–H groups in total. The van der Waals surface area contributed by atoms with Crippen LogP contribution in [0.15, 0.2) is 33.5 Å². The number of fused-ring (bicyclic) bond motifs is 1. The van der Waals surface area contributed by atoms with Crippen LogP contribution in [0, 0.1) is 6.92 Å². The summed E-state index contributed by atoms with van der Waals surface area (Å²) in [5, 5.41) is 0.936. The standard InChI is InChI=1S/C14H16O3/c1-4-16-10(3)12-8-11-7-9(2)5-6-13(11)17-14(12)15/h5-8,10H,4H2,1-3H3. The zero-order valence-corrected chi connectivity index (χ0v) is 10.3. The van der Waals surface area contributed by atoms with Gasteiger partial charge in [0.05, 0.1) is 11.7 Å². The zero-order valence-electron chi connectivity index (χ0n) is 10.3. The van der Waals surface area contributed by atoms with Crippen LogP contribution in [0.4, 0.5) is 0 Å². The van der Waals surface area contributed by atoms with Gasteiger partial charge in [-0.2, -0.15) is 0 Å². The van der Waals surface area contributed by atoms with Crippen LogP contribution in [0.25, 0.3) is 11.0 Å². The van der Waals surface area contributed by atoms with Crippen LogP contribution in [-0.4, -0.2) is 6.61 Å². The predicted octanol–water partition coefficient (Wildman–Crippen LogP) is 3.20. The molecule has 2 rings (SSSR count). The number of rotatable bonds is 3. The molecule has 1 heterocycles. The Balaban J connectivity index is 2.57. The number of hydrogen-bond donors (Lipinski definition) is 0. The minimum absolute atomic E-state index is 0.235. The van der Waals surface area contributed by atoms with Crippen molar-refractivity contribution in [3.05, 3.63) is 45.8 Å². The predicted molar refractivity (Wildman–Crippen MR) is 67.3 cm³/mol. The summed E-state index contributed by atoms with van der Waals surface area (Å²) in [5.41, 5.74) is 2.02. The quantitative estimate of drug-likeness (QED) is 0.763. The molecule has 0 aliphatic rings. The monoisotopic (exact) mass is 232 g/mol. The molecule has 3 heteroatoms. The SMILES string of the molecule is CCOC(C)c1cc2cc(C)ccc2oc1=O. The second-order valence-electron chi connectivity index (χ2n) is 4.13. The number of benzene rings is 1. The van der Waals surface area contributed by atoms with Crippen molar-refractivity contribution >= 4 is 11.0 Å². The lowest BCUT2D eigenvalue weighted by atomic mass is 10.1. The summed E-state index contributed by atoms with van der Waals surface area (Å²) < 4.78 is 10.7. The molecule has 0 spiro atoms. The Labute approximate surface area is 100 Å². The molecule has 0 saturated carbocycles. The molecule has 2 aromatic rings. The molecule has 1 unspecified atom stereocenters. The maximum absolute atomic E-state index is 11.8.